The Bertz CT molecular complexity index is 534. The van der Waals surface area contributed by atoms with Gasteiger partial charge < -0.3 is 9.84 Å². The summed E-state index contributed by atoms with van der Waals surface area (Å²) >= 11 is 7.84. The molecule has 1 saturated heterocycles. The van der Waals surface area contributed by atoms with Crippen molar-refractivity contribution >= 4 is 31.9 Å². The van der Waals surface area contributed by atoms with Crippen LogP contribution in [0, 0.1) is 22.7 Å². The van der Waals surface area contributed by atoms with Gasteiger partial charge in [0, 0.05) is 9.65 Å². The van der Waals surface area contributed by atoms with Crippen molar-refractivity contribution in [2.45, 2.75) is 99.6 Å². The first kappa shape index (κ1) is 18.3. The summed E-state index contributed by atoms with van der Waals surface area (Å²) in [4.78, 5) is 1.13. The third-order valence-electron chi connectivity index (χ3n) is 8.08. The number of hydrogen-bond acceptors (Lipinski definition) is 2. The molecule has 0 aromatic carbocycles. The largest absolute Gasteiger partial charge is 0.390 e. The van der Waals surface area contributed by atoms with Crippen LogP contribution in [0.15, 0.2) is 0 Å². The van der Waals surface area contributed by atoms with Gasteiger partial charge in [0.2, 0.25) is 0 Å². The molecule has 8 atom stereocenters. The van der Waals surface area contributed by atoms with Crippen molar-refractivity contribution in [3.63, 3.8) is 0 Å². The molecule has 2 nitrogen and oxygen atoms in total. The molecule has 138 valence electrons. The van der Waals surface area contributed by atoms with Gasteiger partial charge in [-0.05, 0) is 74.5 Å². The predicted octanol–water partition coefficient (Wildman–Crippen LogP) is 5.44. The van der Waals surface area contributed by atoms with Gasteiger partial charge in [-0.1, -0.05) is 52.6 Å². The summed E-state index contributed by atoms with van der Waals surface area (Å²) in [5, 5.41) is 11.2. The van der Waals surface area contributed by atoms with Crippen LogP contribution in [0.2, 0.25) is 0 Å². The van der Waals surface area contributed by atoms with E-state index in [0.29, 0.717) is 33.0 Å². The lowest BCUT2D eigenvalue weighted by Crippen LogP contribution is -2.53. The zero-order chi connectivity index (χ0) is 17.5. The van der Waals surface area contributed by atoms with Gasteiger partial charge in [0.25, 0.3) is 0 Å². The lowest BCUT2D eigenvalue weighted by atomic mass is 9.59. The lowest BCUT2D eigenvalue weighted by Gasteiger charge is -2.51. The number of hydrogen-bond donors (Lipinski definition) is 1. The van der Waals surface area contributed by atoms with Crippen molar-refractivity contribution < 1.29 is 9.84 Å². The number of ether oxygens (including phenoxy) is 1. The molecule has 1 aliphatic heterocycles. The Labute approximate surface area is 163 Å². The van der Waals surface area contributed by atoms with E-state index in [0.717, 1.165) is 19.3 Å². The van der Waals surface area contributed by atoms with E-state index in [1.165, 1.54) is 25.7 Å². The maximum absolute atomic E-state index is 11.2. The number of rotatable bonds is 1. The Morgan fingerprint density at radius 3 is 2.25 bits per heavy atom. The highest BCUT2D eigenvalue weighted by molar-refractivity contribution is 9.09. The molecule has 3 aliphatic carbocycles. The zero-order valence-electron chi connectivity index (χ0n) is 15.4. The summed E-state index contributed by atoms with van der Waals surface area (Å²) in [6, 6.07) is 0. The van der Waals surface area contributed by atoms with Gasteiger partial charge in [-0.3, -0.25) is 0 Å². The topological polar surface area (TPSA) is 32.8 Å². The van der Waals surface area contributed by atoms with E-state index in [-0.39, 0.29) is 11.0 Å². The van der Waals surface area contributed by atoms with Crippen LogP contribution in [-0.2, 0) is 4.74 Å². The van der Waals surface area contributed by atoms with Gasteiger partial charge >= 0.3 is 0 Å². The van der Waals surface area contributed by atoms with Crippen LogP contribution in [-0.4, -0.2) is 32.1 Å². The molecule has 3 saturated carbocycles. The molecule has 1 spiro atoms. The smallest absolute Gasteiger partial charge is 0.0957 e. The number of epoxide rings is 1. The van der Waals surface area contributed by atoms with E-state index in [2.05, 4.69) is 59.6 Å². The maximum atomic E-state index is 11.2. The fourth-order valence-corrected chi connectivity index (χ4v) is 7.95. The van der Waals surface area contributed by atoms with Crippen LogP contribution in [0.25, 0.3) is 0 Å². The van der Waals surface area contributed by atoms with Crippen LogP contribution in [0.4, 0.5) is 0 Å². The van der Waals surface area contributed by atoms with Gasteiger partial charge in [-0.25, -0.2) is 0 Å². The third kappa shape index (κ3) is 2.52. The number of fused-ring (bicyclic) bond motifs is 1. The SMILES string of the molecule is CC1(C)C[C@]2(CC[C@@H]1Br)O[C@H]2[C@@H]1CC[C@]2(C)[C@@H](Br)CC[C@@](C)(O)[C@@H]12. The highest BCUT2D eigenvalue weighted by atomic mass is 79.9. The fourth-order valence-electron chi connectivity index (χ4n) is 6.81. The normalized spacial score (nSPS) is 59.4. The molecule has 4 aliphatic rings. The van der Waals surface area contributed by atoms with E-state index >= 15 is 0 Å². The van der Waals surface area contributed by atoms with Gasteiger partial charge in [-0.15, -0.1) is 0 Å². The molecule has 4 fully saturated rings. The summed E-state index contributed by atoms with van der Waals surface area (Å²) in [5.41, 5.74) is 0.0537. The van der Waals surface area contributed by atoms with Crippen molar-refractivity contribution in [1.29, 1.82) is 0 Å². The summed E-state index contributed by atoms with van der Waals surface area (Å²) in [6.45, 7) is 9.23. The summed E-state index contributed by atoms with van der Waals surface area (Å²) in [5.74, 6) is 0.880. The molecular weight excluding hydrogens is 432 g/mol. The molecule has 0 amide bonds. The average molecular weight is 464 g/mol. The standard InChI is InChI=1S/C20H32Br2O2/c1-17(2)11-20(10-7-13(17)21)16(24-20)12-5-8-18(3)14(22)6-9-19(4,23)15(12)18/h12-16,23H,5-11H2,1-4H3/t12-,13+,14+,15+,16+,18-,19-,20+/m1/s1. The molecule has 0 aromatic heterocycles. The number of aliphatic hydroxyl groups is 1. The molecular formula is C20H32Br2O2. The molecule has 4 rings (SSSR count). The van der Waals surface area contributed by atoms with Crippen LogP contribution in [0.3, 0.4) is 0 Å². The Hall–Kier alpha value is 0.880. The fraction of sp³-hybridized carbons (Fsp3) is 1.00. The quantitative estimate of drug-likeness (QED) is 0.414. The zero-order valence-corrected chi connectivity index (χ0v) is 18.6. The molecule has 0 unspecified atom stereocenters. The van der Waals surface area contributed by atoms with Crippen LogP contribution >= 0.6 is 31.9 Å². The molecule has 4 heteroatoms. The highest BCUT2D eigenvalue weighted by Gasteiger charge is 2.69. The predicted molar refractivity (Wildman–Crippen MR) is 105 cm³/mol. The molecule has 0 aromatic rings. The molecule has 24 heavy (non-hydrogen) atoms. The van der Waals surface area contributed by atoms with Gasteiger partial charge in [0.15, 0.2) is 0 Å². The van der Waals surface area contributed by atoms with Crippen molar-refractivity contribution in [2.75, 3.05) is 0 Å². The minimum atomic E-state index is -0.546. The molecule has 1 N–H and O–H groups in total. The second-order valence-corrected chi connectivity index (χ2v) is 12.5. The Balaban J connectivity index is 1.58. The van der Waals surface area contributed by atoms with E-state index < -0.39 is 5.60 Å². The first-order chi connectivity index (χ1) is 11.0. The lowest BCUT2D eigenvalue weighted by molar-refractivity contribution is -0.0959. The van der Waals surface area contributed by atoms with Crippen molar-refractivity contribution in [3.05, 3.63) is 0 Å². The van der Waals surface area contributed by atoms with Crippen LogP contribution in [0.1, 0.15) is 72.6 Å². The van der Waals surface area contributed by atoms with Crippen molar-refractivity contribution in [1.82, 2.24) is 0 Å². The molecule has 0 radical (unpaired) electrons. The van der Waals surface area contributed by atoms with Crippen molar-refractivity contribution in [3.8, 4) is 0 Å². The summed E-state index contributed by atoms with van der Waals surface area (Å²) < 4.78 is 6.49. The maximum Gasteiger partial charge on any atom is 0.0957 e. The van der Waals surface area contributed by atoms with E-state index in [1.807, 2.05) is 0 Å². The minimum absolute atomic E-state index is 0.0963. The van der Waals surface area contributed by atoms with Gasteiger partial charge in [0.05, 0.1) is 17.3 Å². The molecule has 1 heterocycles. The van der Waals surface area contributed by atoms with Crippen LogP contribution in [0.5, 0.6) is 0 Å². The highest BCUT2D eigenvalue weighted by Crippen LogP contribution is 2.67. The van der Waals surface area contributed by atoms with E-state index in [1.54, 1.807) is 0 Å². The number of alkyl halides is 2. The molecule has 0 bridgehead atoms. The summed E-state index contributed by atoms with van der Waals surface area (Å²) in [7, 11) is 0. The van der Waals surface area contributed by atoms with Gasteiger partial charge in [-0.2, -0.15) is 0 Å². The first-order valence-corrected chi connectivity index (χ1v) is 11.5. The Morgan fingerprint density at radius 2 is 1.58 bits per heavy atom. The Kier molecular flexibility index (Phi) is 4.15. The average Bonchev–Trinajstić information content (AvgIpc) is 3.01. The number of halogens is 2. The third-order valence-corrected chi connectivity index (χ3v) is 11.3. The second-order valence-electron chi connectivity index (χ2n) is 10.3. The second kappa shape index (κ2) is 5.45. The van der Waals surface area contributed by atoms with E-state index in [9.17, 15) is 5.11 Å². The van der Waals surface area contributed by atoms with Gasteiger partial charge in [0.1, 0.15) is 0 Å². The van der Waals surface area contributed by atoms with Crippen LogP contribution < -0.4 is 0 Å². The summed E-state index contributed by atoms with van der Waals surface area (Å²) in [6.07, 6.45) is 8.33. The van der Waals surface area contributed by atoms with Crippen molar-refractivity contribution in [2.24, 2.45) is 22.7 Å². The van der Waals surface area contributed by atoms with E-state index in [4.69, 9.17) is 4.74 Å². The Morgan fingerprint density at radius 1 is 0.917 bits per heavy atom. The first-order valence-electron chi connectivity index (χ1n) is 9.70. The monoisotopic (exact) mass is 462 g/mol. The minimum Gasteiger partial charge on any atom is -0.390 e.